The van der Waals surface area contributed by atoms with E-state index in [1.807, 2.05) is 30.3 Å². The molecule has 0 amide bonds. The number of aromatic nitrogens is 1. The van der Waals surface area contributed by atoms with Gasteiger partial charge in [-0.05, 0) is 24.5 Å². The summed E-state index contributed by atoms with van der Waals surface area (Å²) in [5.74, 6) is 1.41. The molecule has 0 fully saturated rings. The molecule has 4 heteroatoms. The van der Waals surface area contributed by atoms with Crippen molar-refractivity contribution in [3.63, 3.8) is 0 Å². The third-order valence-corrected chi connectivity index (χ3v) is 5.65. The van der Waals surface area contributed by atoms with Crippen molar-refractivity contribution < 1.29 is 14.3 Å². The topological polar surface area (TPSA) is 48.4 Å². The Kier molecular flexibility index (Phi) is 11.7. The van der Waals surface area contributed by atoms with E-state index in [1.54, 1.807) is 12.4 Å². The molecule has 2 aromatic rings. The van der Waals surface area contributed by atoms with E-state index in [0.717, 1.165) is 29.7 Å². The summed E-state index contributed by atoms with van der Waals surface area (Å²) in [4.78, 5) is 16.6. The zero-order valence-electron chi connectivity index (χ0n) is 19.6. The van der Waals surface area contributed by atoms with Crippen molar-refractivity contribution >= 4 is 5.97 Å². The van der Waals surface area contributed by atoms with Gasteiger partial charge in [-0.15, -0.1) is 0 Å². The van der Waals surface area contributed by atoms with Crippen molar-refractivity contribution in [3.05, 3.63) is 42.7 Å². The summed E-state index contributed by atoms with van der Waals surface area (Å²) < 4.78 is 11.8. The first kappa shape index (κ1) is 24.9. The van der Waals surface area contributed by atoms with Gasteiger partial charge in [0.2, 0.25) is 0 Å². The minimum absolute atomic E-state index is 0.197. The largest absolute Gasteiger partial charge is 0.491 e. The first-order valence-electron chi connectivity index (χ1n) is 12.0. The van der Waals surface area contributed by atoms with Crippen molar-refractivity contribution in [1.29, 1.82) is 0 Å². The average Bonchev–Trinajstić information content (AvgIpc) is 2.78. The van der Waals surface area contributed by atoms with Gasteiger partial charge in [0, 0.05) is 23.7 Å². The number of unbranched alkanes of at least 4 members (excludes halogenated alkanes) is 7. The lowest BCUT2D eigenvalue weighted by Crippen LogP contribution is -2.12. The molecule has 1 aromatic carbocycles. The number of hydrogen-bond acceptors (Lipinski definition) is 4. The quantitative estimate of drug-likeness (QED) is 0.167. The number of para-hydroxylation sites is 1. The van der Waals surface area contributed by atoms with Crippen LogP contribution in [0.1, 0.15) is 85.0 Å². The number of nitrogens with zero attached hydrogens (tertiary/aromatic N) is 1. The van der Waals surface area contributed by atoms with E-state index in [2.05, 4.69) is 25.8 Å². The second-order valence-corrected chi connectivity index (χ2v) is 8.38. The molecule has 4 nitrogen and oxygen atoms in total. The van der Waals surface area contributed by atoms with E-state index >= 15 is 0 Å². The number of esters is 1. The van der Waals surface area contributed by atoms with E-state index < -0.39 is 0 Å². The minimum atomic E-state index is -0.197. The number of benzene rings is 1. The maximum absolute atomic E-state index is 12.3. The molecule has 0 aliphatic rings. The van der Waals surface area contributed by atoms with E-state index in [0.29, 0.717) is 24.7 Å². The molecule has 170 valence electrons. The van der Waals surface area contributed by atoms with E-state index in [1.165, 1.54) is 44.9 Å². The van der Waals surface area contributed by atoms with Crippen molar-refractivity contribution in [2.24, 2.45) is 5.92 Å². The van der Waals surface area contributed by atoms with Crippen molar-refractivity contribution in [2.75, 3.05) is 6.61 Å². The summed E-state index contributed by atoms with van der Waals surface area (Å²) in [6.45, 7) is 7.06. The molecule has 0 radical (unpaired) electrons. The molecule has 0 saturated heterocycles. The lowest BCUT2D eigenvalue weighted by Gasteiger charge is -2.15. The summed E-state index contributed by atoms with van der Waals surface area (Å²) in [7, 11) is 0. The maximum Gasteiger partial charge on any atom is 0.311 e. The van der Waals surface area contributed by atoms with Gasteiger partial charge < -0.3 is 9.47 Å². The molecule has 1 aromatic heterocycles. The molecule has 0 spiro atoms. The Balaban J connectivity index is 1.93. The lowest BCUT2D eigenvalue weighted by atomic mass is 10.0. The second-order valence-electron chi connectivity index (χ2n) is 8.38. The Morgan fingerprint density at radius 3 is 2.32 bits per heavy atom. The number of hydrogen-bond donors (Lipinski definition) is 0. The first-order valence-corrected chi connectivity index (χ1v) is 12.0. The lowest BCUT2D eigenvalue weighted by molar-refractivity contribution is -0.135. The van der Waals surface area contributed by atoms with Gasteiger partial charge in [0.25, 0.3) is 0 Å². The predicted molar refractivity (Wildman–Crippen MR) is 127 cm³/mol. The molecule has 1 atom stereocenters. The summed E-state index contributed by atoms with van der Waals surface area (Å²) in [5.41, 5.74) is 1.76. The van der Waals surface area contributed by atoms with Crippen LogP contribution in [0.25, 0.3) is 11.1 Å². The molecule has 31 heavy (non-hydrogen) atoms. The van der Waals surface area contributed by atoms with Crippen LogP contribution in [0.3, 0.4) is 0 Å². The van der Waals surface area contributed by atoms with Crippen LogP contribution in [-0.2, 0) is 4.79 Å². The molecule has 1 heterocycles. The standard InChI is InChI=1S/C27H39NO3/c1-4-6-7-8-9-10-11-14-19-30-26-21-28-18-17-24(26)23-15-12-13-16-25(23)31-27(29)20-22(3)5-2/h12-13,15-18,21-22H,4-11,14,19-20H2,1-3H3. The SMILES string of the molecule is CCCCCCCCCCOc1cnccc1-c1ccccc1OC(=O)CC(C)CC. The van der Waals surface area contributed by atoms with Crippen LogP contribution in [0.2, 0.25) is 0 Å². The van der Waals surface area contributed by atoms with Gasteiger partial charge in [-0.25, -0.2) is 0 Å². The zero-order chi connectivity index (χ0) is 22.3. The Morgan fingerprint density at radius 2 is 1.58 bits per heavy atom. The monoisotopic (exact) mass is 425 g/mol. The fraction of sp³-hybridized carbons (Fsp3) is 0.556. The second kappa shape index (κ2) is 14.6. The van der Waals surface area contributed by atoms with Crippen molar-refractivity contribution in [1.82, 2.24) is 4.98 Å². The third-order valence-electron chi connectivity index (χ3n) is 5.65. The summed E-state index contributed by atoms with van der Waals surface area (Å²) >= 11 is 0. The Morgan fingerprint density at radius 1 is 0.903 bits per heavy atom. The minimum Gasteiger partial charge on any atom is -0.491 e. The fourth-order valence-electron chi connectivity index (χ4n) is 3.51. The van der Waals surface area contributed by atoms with Gasteiger partial charge in [-0.3, -0.25) is 9.78 Å². The molecule has 0 bridgehead atoms. The van der Waals surface area contributed by atoms with Crippen LogP contribution in [0.5, 0.6) is 11.5 Å². The average molecular weight is 426 g/mol. The highest BCUT2D eigenvalue weighted by molar-refractivity contribution is 5.80. The fourth-order valence-corrected chi connectivity index (χ4v) is 3.51. The van der Waals surface area contributed by atoms with Crippen LogP contribution in [0.15, 0.2) is 42.7 Å². The molecule has 0 N–H and O–H groups in total. The van der Waals surface area contributed by atoms with Crippen LogP contribution >= 0.6 is 0 Å². The van der Waals surface area contributed by atoms with Crippen LogP contribution in [-0.4, -0.2) is 17.6 Å². The van der Waals surface area contributed by atoms with Gasteiger partial charge in [-0.1, -0.05) is 90.3 Å². The molecular weight excluding hydrogens is 386 g/mol. The van der Waals surface area contributed by atoms with E-state index in [4.69, 9.17) is 9.47 Å². The molecule has 2 rings (SSSR count). The van der Waals surface area contributed by atoms with E-state index in [-0.39, 0.29) is 5.97 Å². The summed E-state index contributed by atoms with van der Waals surface area (Å²) in [6.07, 6.45) is 15.0. The Labute approximate surface area is 188 Å². The predicted octanol–water partition coefficient (Wildman–Crippen LogP) is 7.61. The van der Waals surface area contributed by atoms with Crippen molar-refractivity contribution in [2.45, 2.75) is 85.0 Å². The molecule has 0 aliphatic heterocycles. The highest BCUT2D eigenvalue weighted by atomic mass is 16.5. The first-order chi connectivity index (χ1) is 15.2. The highest BCUT2D eigenvalue weighted by Gasteiger charge is 2.15. The molecule has 1 unspecified atom stereocenters. The molecule has 0 aliphatic carbocycles. The normalized spacial score (nSPS) is 11.8. The van der Waals surface area contributed by atoms with Gasteiger partial charge in [-0.2, -0.15) is 0 Å². The number of carbonyl (C=O) groups excluding carboxylic acids is 1. The Hall–Kier alpha value is -2.36. The summed E-state index contributed by atoms with van der Waals surface area (Å²) in [5, 5.41) is 0. The van der Waals surface area contributed by atoms with Gasteiger partial charge >= 0.3 is 5.97 Å². The summed E-state index contributed by atoms with van der Waals surface area (Å²) in [6, 6.07) is 9.56. The third kappa shape index (κ3) is 9.12. The smallest absolute Gasteiger partial charge is 0.311 e. The molecule has 0 saturated carbocycles. The van der Waals surface area contributed by atoms with Gasteiger partial charge in [0.1, 0.15) is 11.5 Å². The van der Waals surface area contributed by atoms with Crippen LogP contribution in [0.4, 0.5) is 0 Å². The molecular formula is C27H39NO3. The number of ether oxygens (including phenoxy) is 2. The maximum atomic E-state index is 12.3. The van der Waals surface area contributed by atoms with Gasteiger partial charge in [0.15, 0.2) is 0 Å². The Bertz CT molecular complexity index is 775. The highest BCUT2D eigenvalue weighted by Crippen LogP contribution is 2.36. The van der Waals surface area contributed by atoms with Crippen LogP contribution < -0.4 is 9.47 Å². The number of rotatable bonds is 15. The van der Waals surface area contributed by atoms with Crippen molar-refractivity contribution in [3.8, 4) is 22.6 Å². The van der Waals surface area contributed by atoms with E-state index in [9.17, 15) is 4.79 Å². The zero-order valence-corrected chi connectivity index (χ0v) is 19.6. The van der Waals surface area contributed by atoms with Crippen LogP contribution in [0, 0.1) is 5.92 Å². The van der Waals surface area contributed by atoms with Gasteiger partial charge in [0.05, 0.1) is 12.8 Å². The number of carbonyl (C=O) groups is 1. The number of pyridine rings is 1.